The van der Waals surface area contributed by atoms with Crippen molar-refractivity contribution in [3.8, 4) is 0 Å². The van der Waals surface area contributed by atoms with E-state index in [1.54, 1.807) is 0 Å². The van der Waals surface area contributed by atoms with Gasteiger partial charge < -0.3 is 15.5 Å². The van der Waals surface area contributed by atoms with Crippen LogP contribution >= 0.6 is 11.6 Å². The van der Waals surface area contributed by atoms with Crippen LogP contribution in [-0.2, 0) is 4.79 Å². The van der Waals surface area contributed by atoms with E-state index in [0.717, 1.165) is 48.6 Å². The number of carbonyl (C=O) groups excluding carboxylic acids is 1. The Kier molecular flexibility index (Phi) is 5.61. The molecule has 0 fully saturated rings. The predicted octanol–water partition coefficient (Wildman–Crippen LogP) is 3.57. The number of nitrogens with zero attached hydrogens (tertiary/aromatic N) is 1. The molecule has 0 aliphatic carbocycles. The molecular formula is C20H24ClN3O. The van der Waals surface area contributed by atoms with E-state index in [2.05, 4.69) is 39.8 Å². The van der Waals surface area contributed by atoms with Crippen molar-refractivity contribution in [1.82, 2.24) is 10.2 Å². The summed E-state index contributed by atoms with van der Waals surface area (Å²) in [6, 6.07) is 3.75. The molecule has 0 bridgehead atoms. The second kappa shape index (κ2) is 7.89. The number of anilines is 1. The molecule has 2 aliphatic heterocycles. The van der Waals surface area contributed by atoms with Gasteiger partial charge in [0.15, 0.2) is 0 Å². The lowest BCUT2D eigenvalue weighted by Gasteiger charge is -2.30. The molecule has 3 rings (SSSR count). The maximum absolute atomic E-state index is 12.6. The Balaban J connectivity index is 1.71. The van der Waals surface area contributed by atoms with Crippen LogP contribution in [0.2, 0.25) is 5.02 Å². The van der Waals surface area contributed by atoms with Gasteiger partial charge in [-0.3, -0.25) is 4.79 Å². The van der Waals surface area contributed by atoms with Gasteiger partial charge in [0.05, 0.1) is 6.54 Å². The lowest BCUT2D eigenvalue weighted by atomic mass is 10.0. The number of hydrogen-bond donors (Lipinski definition) is 2. The van der Waals surface area contributed by atoms with Gasteiger partial charge >= 0.3 is 0 Å². The molecule has 2 N–H and O–H groups in total. The zero-order valence-electron chi connectivity index (χ0n) is 14.7. The Bertz CT molecular complexity index is 741. The minimum Gasteiger partial charge on any atom is -0.358 e. The second-order valence-electron chi connectivity index (χ2n) is 6.51. The monoisotopic (exact) mass is 357 g/mol. The quantitative estimate of drug-likeness (QED) is 0.865. The minimum absolute atomic E-state index is 0.00995. The molecule has 4 nitrogen and oxygen atoms in total. The van der Waals surface area contributed by atoms with Crippen molar-refractivity contribution in [1.29, 1.82) is 0 Å². The largest absolute Gasteiger partial charge is 0.358 e. The molecule has 0 saturated carbocycles. The van der Waals surface area contributed by atoms with Crippen LogP contribution in [0, 0.1) is 13.8 Å². The summed E-state index contributed by atoms with van der Waals surface area (Å²) in [5, 5.41) is 7.07. The highest BCUT2D eigenvalue weighted by molar-refractivity contribution is 6.30. The SMILES string of the molecule is Cc1cc(Cl)cc(C)c1NC(=O)CN1CC=CC=C1C1=CCNCC1. The molecule has 1 aromatic carbocycles. The van der Waals surface area contributed by atoms with Gasteiger partial charge in [0.2, 0.25) is 5.91 Å². The number of amides is 1. The second-order valence-corrected chi connectivity index (χ2v) is 6.94. The molecule has 0 saturated heterocycles. The number of halogens is 1. The van der Waals surface area contributed by atoms with E-state index in [1.807, 2.05) is 26.0 Å². The number of benzene rings is 1. The molecule has 25 heavy (non-hydrogen) atoms. The Hall–Kier alpha value is -2.04. The minimum atomic E-state index is -0.00995. The molecule has 0 atom stereocenters. The van der Waals surface area contributed by atoms with Crippen molar-refractivity contribution >= 4 is 23.2 Å². The van der Waals surface area contributed by atoms with Gasteiger partial charge in [0, 0.05) is 29.5 Å². The summed E-state index contributed by atoms with van der Waals surface area (Å²) >= 11 is 6.07. The summed E-state index contributed by atoms with van der Waals surface area (Å²) < 4.78 is 0. The summed E-state index contributed by atoms with van der Waals surface area (Å²) in [6.45, 7) is 6.88. The van der Waals surface area contributed by atoms with Crippen molar-refractivity contribution < 1.29 is 4.79 Å². The topological polar surface area (TPSA) is 44.4 Å². The van der Waals surface area contributed by atoms with Crippen molar-refractivity contribution in [3.63, 3.8) is 0 Å². The lowest BCUT2D eigenvalue weighted by Crippen LogP contribution is -2.36. The highest BCUT2D eigenvalue weighted by Crippen LogP contribution is 2.26. The van der Waals surface area contributed by atoms with Crippen LogP contribution in [0.5, 0.6) is 0 Å². The smallest absolute Gasteiger partial charge is 0.243 e. The normalized spacial score (nSPS) is 17.2. The lowest BCUT2D eigenvalue weighted by molar-refractivity contribution is -0.116. The fourth-order valence-electron chi connectivity index (χ4n) is 3.33. The first-order valence-electron chi connectivity index (χ1n) is 8.63. The van der Waals surface area contributed by atoms with E-state index < -0.39 is 0 Å². The first kappa shape index (κ1) is 17.8. The molecule has 5 heteroatoms. The van der Waals surface area contributed by atoms with Crippen molar-refractivity contribution in [2.45, 2.75) is 20.3 Å². The van der Waals surface area contributed by atoms with E-state index in [4.69, 9.17) is 11.6 Å². The molecule has 1 amide bonds. The number of rotatable bonds is 4. The van der Waals surface area contributed by atoms with Gasteiger partial charge in [-0.05, 0) is 61.7 Å². The van der Waals surface area contributed by atoms with Crippen LogP contribution in [0.1, 0.15) is 17.5 Å². The summed E-state index contributed by atoms with van der Waals surface area (Å²) in [5.41, 5.74) is 5.29. The summed E-state index contributed by atoms with van der Waals surface area (Å²) in [5.74, 6) is -0.00995. The molecule has 132 valence electrons. The summed E-state index contributed by atoms with van der Waals surface area (Å²) in [6.07, 6.45) is 9.46. The van der Waals surface area contributed by atoms with Gasteiger partial charge in [-0.1, -0.05) is 29.8 Å². The van der Waals surface area contributed by atoms with Crippen LogP contribution in [0.15, 0.2) is 47.7 Å². The molecule has 2 aliphatic rings. The molecule has 1 aromatic rings. The average Bonchev–Trinajstić information content (AvgIpc) is 2.59. The highest BCUT2D eigenvalue weighted by atomic mass is 35.5. The Morgan fingerprint density at radius 2 is 2.08 bits per heavy atom. The number of nitrogens with one attached hydrogen (secondary N) is 2. The summed E-state index contributed by atoms with van der Waals surface area (Å²) in [4.78, 5) is 14.8. The first-order valence-corrected chi connectivity index (χ1v) is 9.01. The third-order valence-corrected chi connectivity index (χ3v) is 4.76. The predicted molar refractivity (Wildman–Crippen MR) is 104 cm³/mol. The average molecular weight is 358 g/mol. The Morgan fingerprint density at radius 1 is 1.32 bits per heavy atom. The van der Waals surface area contributed by atoms with Gasteiger partial charge in [0.25, 0.3) is 0 Å². The zero-order chi connectivity index (χ0) is 17.8. The van der Waals surface area contributed by atoms with Crippen molar-refractivity contribution in [3.05, 3.63) is 63.9 Å². The van der Waals surface area contributed by atoms with E-state index in [9.17, 15) is 4.79 Å². The molecule has 0 spiro atoms. The fourth-order valence-corrected chi connectivity index (χ4v) is 3.65. The van der Waals surface area contributed by atoms with E-state index in [-0.39, 0.29) is 5.91 Å². The molecule has 0 unspecified atom stereocenters. The van der Waals surface area contributed by atoms with Crippen LogP contribution in [0.4, 0.5) is 5.69 Å². The molecule has 0 aromatic heterocycles. The van der Waals surface area contributed by atoms with E-state index in [1.165, 1.54) is 5.57 Å². The number of aryl methyl sites for hydroxylation is 2. The van der Waals surface area contributed by atoms with Gasteiger partial charge in [-0.25, -0.2) is 0 Å². The molecule has 0 radical (unpaired) electrons. The van der Waals surface area contributed by atoms with Crippen LogP contribution in [-0.4, -0.2) is 37.0 Å². The first-order chi connectivity index (χ1) is 12.0. The van der Waals surface area contributed by atoms with Crippen LogP contribution in [0.25, 0.3) is 0 Å². The van der Waals surface area contributed by atoms with Gasteiger partial charge in [-0.2, -0.15) is 0 Å². The van der Waals surface area contributed by atoms with E-state index >= 15 is 0 Å². The fraction of sp³-hybridized carbons (Fsp3) is 0.350. The highest BCUT2D eigenvalue weighted by Gasteiger charge is 2.19. The third kappa shape index (κ3) is 4.33. The molecule has 2 heterocycles. The number of allylic oxidation sites excluding steroid dienone is 3. The third-order valence-electron chi connectivity index (χ3n) is 4.55. The van der Waals surface area contributed by atoms with Crippen LogP contribution in [0.3, 0.4) is 0 Å². The summed E-state index contributed by atoms with van der Waals surface area (Å²) in [7, 11) is 0. The Morgan fingerprint density at radius 3 is 2.76 bits per heavy atom. The zero-order valence-corrected chi connectivity index (χ0v) is 15.5. The van der Waals surface area contributed by atoms with Gasteiger partial charge in [0.1, 0.15) is 0 Å². The van der Waals surface area contributed by atoms with Gasteiger partial charge in [-0.15, -0.1) is 0 Å². The van der Waals surface area contributed by atoms with Crippen molar-refractivity contribution in [2.75, 3.05) is 31.5 Å². The molecular weight excluding hydrogens is 334 g/mol. The number of hydrogen-bond acceptors (Lipinski definition) is 3. The van der Waals surface area contributed by atoms with E-state index in [0.29, 0.717) is 11.6 Å². The van der Waals surface area contributed by atoms with Crippen molar-refractivity contribution in [2.24, 2.45) is 0 Å². The number of carbonyl (C=O) groups is 1. The van der Waals surface area contributed by atoms with Crippen LogP contribution < -0.4 is 10.6 Å². The Labute approximate surface area is 154 Å². The maximum atomic E-state index is 12.6. The standard InChI is InChI=1S/C20H24ClN3O/c1-14-11-17(21)12-15(2)20(14)23-19(25)13-24-10-4-3-5-18(24)16-6-8-22-9-7-16/h3-6,11-12,22H,7-10,13H2,1-2H3,(H,23,25). The maximum Gasteiger partial charge on any atom is 0.243 e.